The average molecular weight is 277 g/mol. The molecule has 0 bridgehead atoms. The van der Waals surface area contributed by atoms with Crippen molar-refractivity contribution in [1.29, 1.82) is 5.26 Å². The fourth-order valence-electron chi connectivity index (χ4n) is 3.27. The van der Waals surface area contributed by atoms with Crippen LogP contribution >= 0.6 is 0 Å². The summed E-state index contributed by atoms with van der Waals surface area (Å²) < 4.78 is 0. The van der Waals surface area contributed by atoms with Crippen molar-refractivity contribution >= 4 is 11.4 Å². The highest BCUT2D eigenvalue weighted by atomic mass is 15.2. The molecule has 0 spiro atoms. The minimum atomic E-state index is 0.419. The zero-order valence-electron chi connectivity index (χ0n) is 12.2. The molecule has 3 heteroatoms. The second-order valence-corrected chi connectivity index (χ2v) is 5.62. The van der Waals surface area contributed by atoms with Gasteiger partial charge in [0, 0.05) is 29.9 Å². The SMILES string of the molecule is C[C@@H]1[C@@H](c2ccccc2)CCN1c1ccc(N)c(C#N)c1. The fraction of sp³-hybridized carbons (Fsp3) is 0.278. The summed E-state index contributed by atoms with van der Waals surface area (Å²) in [5.74, 6) is 0.536. The van der Waals surface area contributed by atoms with Gasteiger partial charge in [0.25, 0.3) is 0 Å². The normalized spacial score (nSPS) is 21.2. The van der Waals surface area contributed by atoms with Gasteiger partial charge >= 0.3 is 0 Å². The minimum Gasteiger partial charge on any atom is -0.398 e. The first-order valence-electron chi connectivity index (χ1n) is 7.32. The van der Waals surface area contributed by atoms with Gasteiger partial charge in [0.05, 0.1) is 5.56 Å². The molecule has 2 aromatic rings. The molecule has 1 fully saturated rings. The Morgan fingerprint density at radius 2 is 1.95 bits per heavy atom. The van der Waals surface area contributed by atoms with E-state index in [0.717, 1.165) is 18.7 Å². The molecule has 0 saturated carbocycles. The monoisotopic (exact) mass is 277 g/mol. The molecule has 2 aromatic carbocycles. The molecular formula is C18H19N3. The van der Waals surface area contributed by atoms with Crippen LogP contribution in [-0.2, 0) is 0 Å². The number of anilines is 2. The minimum absolute atomic E-state index is 0.419. The van der Waals surface area contributed by atoms with Gasteiger partial charge in [-0.15, -0.1) is 0 Å². The van der Waals surface area contributed by atoms with Crippen LogP contribution in [0.25, 0.3) is 0 Å². The van der Waals surface area contributed by atoms with E-state index in [0.29, 0.717) is 23.2 Å². The summed E-state index contributed by atoms with van der Waals surface area (Å²) in [6.45, 7) is 3.27. The van der Waals surface area contributed by atoms with Crippen LogP contribution in [0.3, 0.4) is 0 Å². The van der Waals surface area contributed by atoms with Gasteiger partial charge in [0.1, 0.15) is 6.07 Å². The van der Waals surface area contributed by atoms with E-state index >= 15 is 0 Å². The van der Waals surface area contributed by atoms with Crippen LogP contribution < -0.4 is 10.6 Å². The third-order valence-electron chi connectivity index (χ3n) is 4.47. The number of hydrogen-bond donors (Lipinski definition) is 1. The number of benzene rings is 2. The first kappa shape index (κ1) is 13.5. The molecule has 1 aliphatic heterocycles. The molecule has 2 atom stereocenters. The predicted molar refractivity (Wildman–Crippen MR) is 86.2 cm³/mol. The van der Waals surface area contributed by atoms with Crippen LogP contribution in [0.4, 0.5) is 11.4 Å². The molecule has 1 saturated heterocycles. The van der Waals surface area contributed by atoms with Gasteiger partial charge in [0.2, 0.25) is 0 Å². The Balaban J connectivity index is 1.87. The lowest BCUT2D eigenvalue weighted by Gasteiger charge is -2.27. The Bertz CT molecular complexity index is 673. The summed E-state index contributed by atoms with van der Waals surface area (Å²) in [5.41, 5.74) is 9.40. The van der Waals surface area contributed by atoms with Crippen molar-refractivity contribution in [3.63, 3.8) is 0 Å². The molecule has 106 valence electrons. The van der Waals surface area contributed by atoms with Crippen molar-refractivity contribution in [2.75, 3.05) is 17.2 Å². The number of nitrogen functional groups attached to an aromatic ring is 1. The molecule has 21 heavy (non-hydrogen) atoms. The summed E-state index contributed by atoms with van der Waals surface area (Å²) in [5, 5.41) is 9.13. The predicted octanol–water partition coefficient (Wildman–Crippen LogP) is 3.52. The summed E-state index contributed by atoms with van der Waals surface area (Å²) >= 11 is 0. The summed E-state index contributed by atoms with van der Waals surface area (Å²) in [6.07, 6.45) is 1.14. The van der Waals surface area contributed by atoms with Gasteiger partial charge in [-0.2, -0.15) is 5.26 Å². The Hall–Kier alpha value is -2.47. The van der Waals surface area contributed by atoms with E-state index in [1.807, 2.05) is 18.2 Å². The largest absolute Gasteiger partial charge is 0.398 e. The highest BCUT2D eigenvalue weighted by molar-refractivity contribution is 5.63. The first-order chi connectivity index (χ1) is 10.2. The van der Waals surface area contributed by atoms with Crippen molar-refractivity contribution in [3.8, 4) is 6.07 Å². The summed E-state index contributed by atoms with van der Waals surface area (Å²) in [6, 6.07) is 19.0. The van der Waals surface area contributed by atoms with E-state index < -0.39 is 0 Å². The van der Waals surface area contributed by atoms with Gasteiger partial charge in [-0.3, -0.25) is 0 Å². The smallest absolute Gasteiger partial charge is 0.101 e. The second-order valence-electron chi connectivity index (χ2n) is 5.62. The van der Waals surface area contributed by atoms with E-state index in [4.69, 9.17) is 11.0 Å². The van der Waals surface area contributed by atoms with Crippen LogP contribution in [0.1, 0.15) is 30.4 Å². The molecule has 3 nitrogen and oxygen atoms in total. The van der Waals surface area contributed by atoms with Gasteiger partial charge in [-0.1, -0.05) is 30.3 Å². The van der Waals surface area contributed by atoms with E-state index in [-0.39, 0.29) is 0 Å². The highest BCUT2D eigenvalue weighted by Gasteiger charge is 2.31. The lowest BCUT2D eigenvalue weighted by molar-refractivity contribution is 0.635. The van der Waals surface area contributed by atoms with Crippen LogP contribution in [0.5, 0.6) is 0 Å². The summed E-state index contributed by atoms with van der Waals surface area (Å²) in [7, 11) is 0. The van der Waals surface area contributed by atoms with Gasteiger partial charge < -0.3 is 10.6 Å². The lowest BCUT2D eigenvalue weighted by Crippen LogP contribution is -2.29. The molecule has 1 aliphatic rings. The number of nitrogens with two attached hydrogens (primary N) is 1. The maximum atomic E-state index is 9.13. The summed E-state index contributed by atoms with van der Waals surface area (Å²) in [4.78, 5) is 2.37. The van der Waals surface area contributed by atoms with Gasteiger partial charge in [-0.05, 0) is 37.1 Å². The van der Waals surface area contributed by atoms with Crippen LogP contribution in [-0.4, -0.2) is 12.6 Å². The van der Waals surface area contributed by atoms with Crippen molar-refractivity contribution in [2.45, 2.75) is 25.3 Å². The van der Waals surface area contributed by atoms with E-state index in [1.54, 1.807) is 0 Å². The molecule has 3 rings (SSSR count). The van der Waals surface area contributed by atoms with Gasteiger partial charge in [0.15, 0.2) is 0 Å². The Labute approximate surface area is 125 Å². The third-order valence-corrected chi connectivity index (χ3v) is 4.47. The topological polar surface area (TPSA) is 53.0 Å². The Morgan fingerprint density at radius 1 is 1.19 bits per heavy atom. The quantitative estimate of drug-likeness (QED) is 0.854. The molecule has 0 aliphatic carbocycles. The number of nitrogens with zero attached hydrogens (tertiary/aromatic N) is 2. The van der Waals surface area contributed by atoms with E-state index in [1.165, 1.54) is 5.56 Å². The molecule has 1 heterocycles. The Morgan fingerprint density at radius 3 is 2.67 bits per heavy atom. The number of nitriles is 1. The highest BCUT2D eigenvalue weighted by Crippen LogP contribution is 2.36. The lowest BCUT2D eigenvalue weighted by atomic mass is 9.93. The van der Waals surface area contributed by atoms with Crippen LogP contribution in [0.15, 0.2) is 48.5 Å². The zero-order valence-corrected chi connectivity index (χ0v) is 12.2. The van der Waals surface area contributed by atoms with E-state index in [2.05, 4.69) is 48.2 Å². The molecule has 2 N–H and O–H groups in total. The Kier molecular flexibility index (Phi) is 3.53. The van der Waals surface area contributed by atoms with Crippen LogP contribution in [0, 0.1) is 11.3 Å². The maximum absolute atomic E-state index is 9.13. The van der Waals surface area contributed by atoms with Gasteiger partial charge in [-0.25, -0.2) is 0 Å². The standard InChI is InChI=1S/C18H19N3/c1-13-17(14-5-3-2-4-6-14)9-10-21(13)16-7-8-18(20)15(11-16)12-19/h2-8,11,13,17H,9-10,20H2,1H3/t13-,17+/m1/s1. The molecule has 0 radical (unpaired) electrons. The van der Waals surface area contributed by atoms with Crippen LogP contribution in [0.2, 0.25) is 0 Å². The maximum Gasteiger partial charge on any atom is 0.101 e. The number of hydrogen-bond acceptors (Lipinski definition) is 3. The number of rotatable bonds is 2. The van der Waals surface area contributed by atoms with E-state index in [9.17, 15) is 0 Å². The average Bonchev–Trinajstić information content (AvgIpc) is 2.90. The molecule has 0 unspecified atom stereocenters. The molecular weight excluding hydrogens is 258 g/mol. The molecule has 0 amide bonds. The van der Waals surface area contributed by atoms with Crippen molar-refractivity contribution in [1.82, 2.24) is 0 Å². The second kappa shape index (κ2) is 5.49. The fourth-order valence-corrected chi connectivity index (χ4v) is 3.27. The van der Waals surface area contributed by atoms with Crippen molar-refractivity contribution in [3.05, 3.63) is 59.7 Å². The molecule has 0 aromatic heterocycles. The first-order valence-corrected chi connectivity index (χ1v) is 7.32. The van der Waals surface area contributed by atoms with Crippen molar-refractivity contribution < 1.29 is 0 Å². The zero-order chi connectivity index (χ0) is 14.8. The van der Waals surface area contributed by atoms with Crippen molar-refractivity contribution in [2.24, 2.45) is 0 Å². The third kappa shape index (κ3) is 2.45.